The van der Waals surface area contributed by atoms with E-state index in [1.54, 1.807) is 0 Å². The van der Waals surface area contributed by atoms with E-state index in [9.17, 15) is 0 Å². The number of nitrogens with zero attached hydrogens (tertiary/aromatic N) is 1. The number of halogens is 1. The third kappa shape index (κ3) is 6.88. The molecule has 0 atom stereocenters. The number of benzene rings is 1. The first-order valence-corrected chi connectivity index (χ1v) is 14.1. The zero-order chi connectivity index (χ0) is 18.0. The fraction of sp³-hybridized carbons (Fsp3) is 0.667. The van der Waals surface area contributed by atoms with Crippen LogP contribution in [0.3, 0.4) is 0 Å². The van der Waals surface area contributed by atoms with Crippen LogP contribution in [0, 0.1) is 0 Å². The van der Waals surface area contributed by atoms with E-state index in [4.69, 9.17) is 16.2 Å². The number of ether oxygens (including phenoxy) is 1. The summed E-state index contributed by atoms with van der Waals surface area (Å²) in [5.74, 6) is 2.00. The fourth-order valence-corrected chi connectivity index (χ4v) is 10.1. The van der Waals surface area contributed by atoms with Gasteiger partial charge in [-0.1, -0.05) is 0 Å². The zero-order valence-corrected chi connectivity index (χ0v) is 18.5. The number of rotatable bonds is 12. The van der Waals surface area contributed by atoms with Gasteiger partial charge in [-0.05, 0) is 0 Å². The van der Waals surface area contributed by atoms with Crippen molar-refractivity contribution in [2.24, 2.45) is 0 Å². The van der Waals surface area contributed by atoms with Crippen LogP contribution in [-0.2, 0) is 18.0 Å². The van der Waals surface area contributed by atoms with E-state index in [0.29, 0.717) is 19.9 Å². The minimum atomic E-state index is -1.47. The van der Waals surface area contributed by atoms with E-state index in [1.165, 1.54) is 5.56 Å². The number of fused-ring (bicyclic) bond motifs is 1. The second-order valence-electron chi connectivity index (χ2n) is 5.66. The third-order valence-corrected chi connectivity index (χ3v) is 11.8. The van der Waals surface area contributed by atoms with Gasteiger partial charge in [0.05, 0.1) is 0 Å². The van der Waals surface area contributed by atoms with Crippen molar-refractivity contribution in [1.82, 2.24) is 4.90 Å². The number of hydrogen-bond acceptors (Lipinski definition) is 5. The maximum atomic E-state index is 6.06. The van der Waals surface area contributed by atoms with Crippen LogP contribution in [0.2, 0.25) is 0 Å². The van der Waals surface area contributed by atoms with Gasteiger partial charge in [0.25, 0.3) is 0 Å². The van der Waals surface area contributed by atoms with Gasteiger partial charge in [0.1, 0.15) is 0 Å². The van der Waals surface area contributed by atoms with Gasteiger partial charge < -0.3 is 0 Å². The molecule has 0 bridgehead atoms. The number of para-hydroxylation sites is 1. The molecule has 5 nitrogen and oxygen atoms in total. The maximum absolute atomic E-state index is 6.06. The van der Waals surface area contributed by atoms with Crippen LogP contribution in [0.25, 0.3) is 0 Å². The van der Waals surface area contributed by atoms with E-state index >= 15 is 0 Å². The zero-order valence-electron chi connectivity index (χ0n) is 15.5. The molecule has 0 unspecified atom stereocenters. The molecular formula is C18H31INO4S-. The molecule has 0 aliphatic carbocycles. The van der Waals surface area contributed by atoms with Crippen LogP contribution >= 0.6 is 7.76 Å². The summed E-state index contributed by atoms with van der Waals surface area (Å²) in [4.78, 5) is 2.36. The van der Waals surface area contributed by atoms with Crippen molar-refractivity contribution >= 4 is 7.76 Å². The van der Waals surface area contributed by atoms with Gasteiger partial charge in [-0.2, -0.15) is 0 Å². The Kier molecular flexibility index (Phi) is 9.87. The van der Waals surface area contributed by atoms with Gasteiger partial charge in [0, 0.05) is 0 Å². The molecule has 1 aliphatic rings. The average molecular weight is 484 g/mol. The number of hydrogen-bond donors (Lipinski definition) is 0. The molecular weight excluding hydrogens is 453 g/mol. The molecule has 0 aromatic heterocycles. The Morgan fingerprint density at radius 3 is 2.56 bits per heavy atom. The molecule has 0 saturated heterocycles. The van der Waals surface area contributed by atoms with Crippen LogP contribution in [0.4, 0.5) is 0 Å². The first-order chi connectivity index (χ1) is 12.2. The Morgan fingerprint density at radius 2 is 1.84 bits per heavy atom. The average Bonchev–Trinajstić information content (AvgIpc) is 2.64. The van der Waals surface area contributed by atoms with E-state index in [1.807, 2.05) is 32.9 Å². The third-order valence-electron chi connectivity index (χ3n) is 3.72. The summed E-state index contributed by atoms with van der Waals surface area (Å²) >= 11 is -0.509. The molecule has 0 N–H and O–H groups in total. The molecule has 25 heavy (non-hydrogen) atoms. The van der Waals surface area contributed by atoms with E-state index in [0.717, 1.165) is 44.0 Å². The second-order valence-corrected chi connectivity index (χ2v) is 13.5. The monoisotopic (exact) mass is 484 g/mol. The van der Waals surface area contributed by atoms with Crippen molar-refractivity contribution in [3.05, 3.63) is 29.8 Å². The van der Waals surface area contributed by atoms with Gasteiger partial charge in [-0.3, -0.25) is 0 Å². The Bertz CT molecular complexity index is 500. The topological polar surface area (TPSA) is 40.2 Å². The van der Waals surface area contributed by atoms with Crippen molar-refractivity contribution in [3.63, 3.8) is 0 Å². The van der Waals surface area contributed by atoms with Crippen LogP contribution in [-0.4, -0.2) is 43.7 Å². The Labute approximate surface area is 163 Å². The van der Waals surface area contributed by atoms with Crippen LogP contribution < -0.4 is 25.0 Å². The summed E-state index contributed by atoms with van der Waals surface area (Å²) in [7, 11) is -1.47. The predicted octanol–water partition coefficient (Wildman–Crippen LogP) is 1.28. The van der Waals surface area contributed by atoms with Crippen molar-refractivity contribution in [3.8, 4) is 5.75 Å². The summed E-state index contributed by atoms with van der Waals surface area (Å²) in [6.07, 6.45) is 2.22. The molecule has 1 aromatic rings. The van der Waals surface area contributed by atoms with E-state index in [2.05, 4.69) is 17.0 Å². The Morgan fingerprint density at radius 1 is 1.08 bits per heavy atom. The van der Waals surface area contributed by atoms with Gasteiger partial charge in [-0.25, -0.2) is 0 Å². The van der Waals surface area contributed by atoms with E-state index in [-0.39, 0.29) is 0 Å². The van der Waals surface area contributed by atoms with Gasteiger partial charge in [0.15, 0.2) is 0 Å². The summed E-state index contributed by atoms with van der Waals surface area (Å²) < 4.78 is 23.7. The summed E-state index contributed by atoms with van der Waals surface area (Å²) in [6, 6.07) is 8.30. The molecule has 0 saturated carbocycles. The quantitative estimate of drug-likeness (QED) is 0.330. The Hall–Kier alpha value is -0.0600. The molecule has 1 aromatic carbocycles. The van der Waals surface area contributed by atoms with Crippen molar-refractivity contribution in [2.75, 3.05) is 38.8 Å². The molecule has 2 rings (SSSR count). The standard InChI is InChI=1S/C18H31INO4S/c1-4-22-19-25(23-5-2,24-6-3)14-10-9-13-20-15-17-11-7-8-12-18(17)21-16-20/h7-8,11-12H,4-6,9-10,13-16H2,1-3H3/q-1. The fourth-order valence-electron chi connectivity index (χ4n) is 2.66. The predicted molar refractivity (Wildman–Crippen MR) is 98.9 cm³/mol. The van der Waals surface area contributed by atoms with Gasteiger partial charge in [0.2, 0.25) is 0 Å². The van der Waals surface area contributed by atoms with Crippen LogP contribution in [0.15, 0.2) is 24.3 Å². The molecule has 7 heteroatoms. The summed E-state index contributed by atoms with van der Waals surface area (Å²) in [5, 5.41) is 0. The molecule has 1 heterocycles. The molecule has 1 aliphatic heterocycles. The van der Waals surface area contributed by atoms with Crippen molar-refractivity contribution < 1.29 is 36.4 Å². The van der Waals surface area contributed by atoms with Gasteiger partial charge >= 0.3 is 164 Å². The van der Waals surface area contributed by atoms with Crippen molar-refractivity contribution in [1.29, 1.82) is 0 Å². The molecule has 146 valence electrons. The number of unbranched alkanes of at least 4 members (excludes halogenated alkanes) is 1. The molecule has 0 spiro atoms. The minimum absolute atomic E-state index is 0.509. The van der Waals surface area contributed by atoms with Crippen molar-refractivity contribution in [2.45, 2.75) is 40.2 Å². The molecule has 0 fully saturated rings. The SMILES string of the molecule is CCO[I-]S(CCCCN1COc2ccccc2C1)(OCC)OCC. The van der Waals surface area contributed by atoms with E-state index < -0.39 is 28.0 Å². The Balaban J connectivity index is 1.77. The van der Waals surface area contributed by atoms with Crippen LogP contribution in [0.1, 0.15) is 39.2 Å². The normalized spacial score (nSPS) is 15.8. The molecule has 0 radical (unpaired) electrons. The second kappa shape index (κ2) is 11.6. The first-order valence-electron chi connectivity index (χ1n) is 9.04. The first kappa shape index (κ1) is 21.2. The molecule has 0 amide bonds. The van der Waals surface area contributed by atoms with Gasteiger partial charge in [-0.15, -0.1) is 0 Å². The summed E-state index contributed by atoms with van der Waals surface area (Å²) in [5.41, 5.74) is 1.28. The summed E-state index contributed by atoms with van der Waals surface area (Å²) in [6.45, 7) is 10.9. The van der Waals surface area contributed by atoms with Crippen LogP contribution in [0.5, 0.6) is 5.75 Å².